The molecule has 1 aliphatic heterocycles. The Kier molecular flexibility index (Phi) is 22.5. The molecule has 8 nitrogen and oxygen atoms in total. The minimum absolute atomic E-state index is 0. The summed E-state index contributed by atoms with van der Waals surface area (Å²) in [6, 6.07) is 18.3. The van der Waals surface area contributed by atoms with E-state index in [1.54, 1.807) is 56.8 Å². The molecule has 1 amide bonds. The summed E-state index contributed by atoms with van der Waals surface area (Å²) in [6.07, 6.45) is 18.5. The summed E-state index contributed by atoms with van der Waals surface area (Å²) in [4.78, 5) is 38.9. The van der Waals surface area contributed by atoms with Gasteiger partial charge in [0.15, 0.2) is 0 Å². The first-order chi connectivity index (χ1) is 32.0. The summed E-state index contributed by atoms with van der Waals surface area (Å²) in [5.74, 6) is 1.09. The Morgan fingerprint density at radius 2 is 1.20 bits per heavy atom. The average molecular weight is 1150 g/mol. The van der Waals surface area contributed by atoms with Gasteiger partial charge in [-0.25, -0.2) is 18.7 Å². The van der Waals surface area contributed by atoms with Crippen molar-refractivity contribution in [2.75, 3.05) is 6.54 Å². The van der Waals surface area contributed by atoms with E-state index in [1.165, 1.54) is 41.8 Å². The van der Waals surface area contributed by atoms with Crippen molar-refractivity contribution in [1.29, 1.82) is 0 Å². The first kappa shape index (κ1) is 60.5. The molecule has 2 saturated carbocycles. The summed E-state index contributed by atoms with van der Waals surface area (Å²) in [5, 5.41) is 4.34. The number of benzene rings is 2. The molecule has 2 fully saturated rings. The zero-order valence-electron chi connectivity index (χ0n) is 37.9. The van der Waals surface area contributed by atoms with Crippen molar-refractivity contribution >= 4 is 93.5 Å². The smallest absolute Gasteiger partial charge is 0.870 e. The van der Waals surface area contributed by atoms with Crippen LogP contribution >= 0.6 is 54.5 Å². The number of aryl methyl sites for hydroxylation is 1. The van der Waals surface area contributed by atoms with E-state index in [9.17, 15) is 18.4 Å². The Balaban J connectivity index is 0.000000245. The van der Waals surface area contributed by atoms with E-state index >= 15 is 0 Å². The van der Waals surface area contributed by atoms with E-state index in [1.807, 2.05) is 57.5 Å². The topological polar surface area (TPSA) is 102 Å². The van der Waals surface area contributed by atoms with Crippen LogP contribution in [0.3, 0.4) is 0 Å². The van der Waals surface area contributed by atoms with Crippen LogP contribution in [0.1, 0.15) is 146 Å². The fourth-order valence-electron chi connectivity index (χ4n) is 9.14. The molecule has 1 N–H and O–H groups in total. The Hall–Kier alpha value is -3.09. The number of aromatic nitrogens is 4. The van der Waals surface area contributed by atoms with Gasteiger partial charge in [-0.1, -0.05) is 72.8 Å². The molecule has 17 heteroatoms. The van der Waals surface area contributed by atoms with E-state index in [4.69, 9.17) is 4.98 Å². The predicted molar refractivity (Wildman–Crippen MR) is 292 cm³/mol. The number of thiophene rings is 2. The molecule has 0 saturated heterocycles. The third-order valence-corrected chi connectivity index (χ3v) is 15.8. The Bertz CT molecular complexity index is 3100. The quantitative estimate of drug-likeness (QED) is 0.122. The van der Waals surface area contributed by atoms with Crippen molar-refractivity contribution < 1.29 is 75.2 Å². The number of nitrogens with zero attached hydrogens (tertiary/aromatic N) is 5. The second-order valence-electron chi connectivity index (χ2n) is 17.3. The van der Waals surface area contributed by atoms with Gasteiger partial charge in [0, 0.05) is 70.4 Å². The van der Waals surface area contributed by atoms with Crippen LogP contribution in [-0.4, -0.2) is 63.4 Å². The van der Waals surface area contributed by atoms with Crippen LogP contribution in [0, 0.1) is 11.6 Å². The second-order valence-corrected chi connectivity index (χ2v) is 21.1. The number of pyridine rings is 2. The Morgan fingerprint density at radius 1 is 0.690 bits per heavy atom. The molecule has 0 bridgehead atoms. The van der Waals surface area contributed by atoms with Crippen LogP contribution in [0.15, 0.2) is 105 Å². The van der Waals surface area contributed by atoms with E-state index in [0.29, 0.717) is 54.4 Å². The zero-order valence-corrected chi connectivity index (χ0v) is 45.8. The molecule has 6 aromatic heterocycles. The molecule has 2 atom stereocenters. The minimum atomic E-state index is -0.326. The standard InChI is InChI=1S/C25H21BrFN3OS.C17H11BrFN2O.C9H12S.3CH4.B2.K.H2O/c1-14-18-7-9-32-23(18)6-8-30(14)25(31)16-10-20(15-2-3-15)24-28-22(13-29(24)12-16)19-5-4-17(26)11-21(19)27;18-12-3-4-13(15(19)6-12)16-8-21-7-10(9-22)5-14(11-1-2-11)17(21)20-16;1-7-3-2-4-9-8(7)5-6-10-9;;;;1-2;;/h4-5,7,9-15H,2-3,6,8H2,1H3;3-8,11H,1-2H2;5-7H,2-4H2,1H3;3*1H4;;;1H2/q;-1;;;;;;+1;/p-1/t14-;;7-;;;;;;/m1.0....../s1. The summed E-state index contributed by atoms with van der Waals surface area (Å²) in [6.45, 7) is 5.17. The largest absolute Gasteiger partial charge is 1.00 e. The molecule has 71 heavy (non-hydrogen) atoms. The van der Waals surface area contributed by atoms with Crippen molar-refractivity contribution in [3.8, 4) is 22.5 Å². The molecule has 12 rings (SSSR count). The summed E-state index contributed by atoms with van der Waals surface area (Å²) >= 11 is 10.3. The number of amides is 1. The van der Waals surface area contributed by atoms with Crippen molar-refractivity contribution in [3.63, 3.8) is 0 Å². The van der Waals surface area contributed by atoms with Crippen molar-refractivity contribution in [3.05, 3.63) is 160 Å². The van der Waals surface area contributed by atoms with Crippen LogP contribution in [0.2, 0.25) is 0 Å². The molecule has 4 radical (unpaired) electrons. The van der Waals surface area contributed by atoms with E-state index < -0.39 is 0 Å². The summed E-state index contributed by atoms with van der Waals surface area (Å²) in [7, 11) is 8.00. The number of hydrogen-bond donors (Lipinski definition) is 0. The van der Waals surface area contributed by atoms with Gasteiger partial charge in [0.2, 0.25) is 0 Å². The normalized spacial score (nSPS) is 16.2. The number of imidazole rings is 2. The van der Waals surface area contributed by atoms with Gasteiger partial charge < -0.3 is 24.0 Å². The van der Waals surface area contributed by atoms with Gasteiger partial charge in [-0.3, -0.25) is 4.79 Å². The SMILES string of the molecule is C.C.C.C[C@@H]1c2ccsc2CCN1C(=O)c1cc(C2CC2)c2nc(-c3ccc(Br)cc3F)cn2c1.C[C@H]1CCCc2sccc21.O=[C-]c1cc(C2CC2)c2nc(-c3ccc(Br)cc3F)cn2c1.[B][B].[K+].[OH-]. The van der Waals surface area contributed by atoms with Gasteiger partial charge in [-0.15, -0.1) is 28.2 Å². The van der Waals surface area contributed by atoms with Gasteiger partial charge in [0.05, 0.1) is 29.3 Å². The molecule has 364 valence electrons. The van der Waals surface area contributed by atoms with E-state index in [0.717, 1.165) is 67.0 Å². The molecule has 0 spiro atoms. The maximum absolute atomic E-state index is 14.6. The van der Waals surface area contributed by atoms with E-state index in [2.05, 4.69) is 89.1 Å². The number of carbonyl (C=O) groups is 1. The van der Waals surface area contributed by atoms with Crippen LogP contribution < -0.4 is 51.4 Å². The molecule has 7 heterocycles. The maximum Gasteiger partial charge on any atom is 1.00 e. The van der Waals surface area contributed by atoms with Crippen LogP contribution in [0.25, 0.3) is 33.8 Å². The van der Waals surface area contributed by atoms with Gasteiger partial charge in [-0.2, -0.15) is 6.07 Å². The fraction of sp³-hybridized carbons (Fsp3) is 0.333. The van der Waals surface area contributed by atoms with Crippen LogP contribution in [-0.2, 0) is 17.6 Å². The molecular weight excluding hydrogens is 1090 g/mol. The first-order valence-corrected chi connectivity index (χ1v) is 25.5. The number of rotatable bonds is 6. The third kappa shape index (κ3) is 13.2. The van der Waals surface area contributed by atoms with Gasteiger partial charge in [0.1, 0.15) is 22.9 Å². The van der Waals surface area contributed by atoms with E-state index in [-0.39, 0.29) is 103 Å². The molecule has 8 aromatic rings. The molecule has 2 aromatic carbocycles. The molecule has 4 aliphatic rings. The second kappa shape index (κ2) is 26.4. The summed E-state index contributed by atoms with van der Waals surface area (Å²) in [5.41, 5.74) is 9.83. The first-order valence-electron chi connectivity index (χ1n) is 22.1. The van der Waals surface area contributed by atoms with Crippen LogP contribution in [0.5, 0.6) is 0 Å². The Labute approximate surface area is 487 Å². The molecule has 3 aliphatic carbocycles. The van der Waals surface area contributed by atoms with Gasteiger partial charge in [0.25, 0.3) is 5.91 Å². The van der Waals surface area contributed by atoms with Crippen molar-refractivity contribution in [2.45, 2.75) is 111 Å². The van der Waals surface area contributed by atoms with Gasteiger partial charge >= 0.3 is 51.4 Å². The van der Waals surface area contributed by atoms with Crippen molar-refractivity contribution in [2.24, 2.45) is 0 Å². The maximum atomic E-state index is 14.6. The summed E-state index contributed by atoms with van der Waals surface area (Å²) < 4.78 is 33.8. The minimum Gasteiger partial charge on any atom is -0.870 e. The zero-order chi connectivity index (χ0) is 46.2. The van der Waals surface area contributed by atoms with Crippen molar-refractivity contribution in [1.82, 2.24) is 23.7 Å². The number of hydrogen-bond acceptors (Lipinski definition) is 7. The fourth-order valence-corrected chi connectivity index (χ4v) is 11.8. The van der Waals surface area contributed by atoms with Crippen LogP contribution in [0.4, 0.5) is 8.78 Å². The monoisotopic (exact) mass is 1140 g/mol. The Morgan fingerprint density at radius 3 is 1.70 bits per heavy atom. The molecule has 0 unspecified atom stereocenters. The van der Waals surface area contributed by atoms with Gasteiger partial charge in [-0.05, 0) is 158 Å². The number of fused-ring (bicyclic) bond motifs is 4. The third-order valence-electron chi connectivity index (χ3n) is 12.9. The number of carbonyl (C=O) groups excluding carboxylic acids is 2. The predicted octanol–water partition coefficient (Wildman–Crippen LogP) is 12.0. The number of halogens is 4. The molecular formula is C54H57B2Br2F2KN5O3S2-. The average Bonchev–Trinajstić information content (AvgIpc) is 4.11.